The molecule has 1 fully saturated rings. The molecule has 1 aliphatic rings. The van der Waals surface area contributed by atoms with E-state index in [1.54, 1.807) is 17.0 Å². The maximum atomic E-state index is 12.1. The van der Waals surface area contributed by atoms with Gasteiger partial charge in [-0.15, -0.1) is 0 Å². The first-order chi connectivity index (χ1) is 9.06. The van der Waals surface area contributed by atoms with Crippen LogP contribution in [0.15, 0.2) is 18.3 Å². The Morgan fingerprint density at radius 1 is 1.47 bits per heavy atom. The fourth-order valence-electron chi connectivity index (χ4n) is 2.24. The van der Waals surface area contributed by atoms with Crippen molar-refractivity contribution in [3.63, 3.8) is 0 Å². The molecule has 1 atom stereocenters. The van der Waals surface area contributed by atoms with Gasteiger partial charge in [0.1, 0.15) is 5.69 Å². The van der Waals surface area contributed by atoms with E-state index in [2.05, 4.69) is 4.98 Å². The summed E-state index contributed by atoms with van der Waals surface area (Å²) in [7, 11) is 0. The number of carboxylic acid groups (broad SMARTS) is 1. The van der Waals surface area contributed by atoms with Gasteiger partial charge in [-0.3, -0.25) is 9.59 Å². The Bertz CT molecular complexity index is 475. The standard InChI is InChI=1S/C13H15ClN2O3/c14-10-2-3-11(15-7-10)13(19)16-6-5-9(8-16)1-4-12(17)18/h2-3,7,9H,1,4-6,8H2,(H,17,18). The van der Waals surface area contributed by atoms with E-state index in [0.29, 0.717) is 30.2 Å². The van der Waals surface area contributed by atoms with Crippen molar-refractivity contribution in [3.8, 4) is 0 Å². The van der Waals surface area contributed by atoms with Crippen LogP contribution in [0, 0.1) is 5.92 Å². The molecule has 2 heterocycles. The second kappa shape index (κ2) is 6.02. The Labute approximate surface area is 116 Å². The Hall–Kier alpha value is -1.62. The molecule has 1 aliphatic heterocycles. The first kappa shape index (κ1) is 13.8. The number of nitrogens with zero attached hydrogens (tertiary/aromatic N) is 2. The minimum atomic E-state index is -0.788. The molecule has 1 N–H and O–H groups in total. The number of aliphatic carboxylic acids is 1. The normalized spacial score (nSPS) is 18.6. The van der Waals surface area contributed by atoms with E-state index < -0.39 is 5.97 Å². The van der Waals surface area contributed by atoms with Gasteiger partial charge >= 0.3 is 5.97 Å². The lowest BCUT2D eigenvalue weighted by Gasteiger charge is -2.15. The molecule has 0 saturated carbocycles. The Kier molecular flexibility index (Phi) is 4.37. The second-order valence-electron chi connectivity index (χ2n) is 4.70. The highest BCUT2D eigenvalue weighted by molar-refractivity contribution is 6.30. The van der Waals surface area contributed by atoms with Crippen molar-refractivity contribution in [1.29, 1.82) is 0 Å². The third-order valence-corrected chi connectivity index (χ3v) is 3.51. The number of hydrogen-bond donors (Lipinski definition) is 1. The van der Waals surface area contributed by atoms with Crippen LogP contribution in [0.2, 0.25) is 5.02 Å². The van der Waals surface area contributed by atoms with E-state index in [1.807, 2.05) is 0 Å². The van der Waals surface area contributed by atoms with Gasteiger partial charge in [0.05, 0.1) is 5.02 Å². The minimum Gasteiger partial charge on any atom is -0.481 e. The third kappa shape index (κ3) is 3.67. The summed E-state index contributed by atoms with van der Waals surface area (Å²) in [6.45, 7) is 1.27. The van der Waals surface area contributed by atoms with Crippen LogP contribution >= 0.6 is 11.6 Å². The summed E-state index contributed by atoms with van der Waals surface area (Å²) in [6.07, 6.45) is 3.08. The van der Waals surface area contributed by atoms with Crippen molar-refractivity contribution in [3.05, 3.63) is 29.0 Å². The lowest BCUT2D eigenvalue weighted by Crippen LogP contribution is -2.29. The molecule has 6 heteroatoms. The molecule has 0 bridgehead atoms. The van der Waals surface area contributed by atoms with Gasteiger partial charge in [0, 0.05) is 25.7 Å². The van der Waals surface area contributed by atoms with E-state index in [1.165, 1.54) is 6.20 Å². The van der Waals surface area contributed by atoms with Gasteiger partial charge in [-0.1, -0.05) is 11.6 Å². The van der Waals surface area contributed by atoms with Gasteiger partial charge in [0.25, 0.3) is 5.91 Å². The molecular weight excluding hydrogens is 268 g/mol. The van der Waals surface area contributed by atoms with Crippen LogP contribution in [0.3, 0.4) is 0 Å². The number of pyridine rings is 1. The summed E-state index contributed by atoms with van der Waals surface area (Å²) in [5, 5.41) is 9.15. The van der Waals surface area contributed by atoms with Crippen LogP contribution in [0.5, 0.6) is 0 Å². The number of likely N-dealkylation sites (tertiary alicyclic amines) is 1. The van der Waals surface area contributed by atoms with E-state index >= 15 is 0 Å². The van der Waals surface area contributed by atoms with E-state index in [0.717, 1.165) is 6.42 Å². The zero-order valence-electron chi connectivity index (χ0n) is 10.4. The highest BCUT2D eigenvalue weighted by atomic mass is 35.5. The number of carboxylic acids is 1. The molecule has 1 aromatic rings. The molecule has 0 radical (unpaired) electrons. The number of amides is 1. The lowest BCUT2D eigenvalue weighted by atomic mass is 10.0. The van der Waals surface area contributed by atoms with Crippen LogP contribution in [0.25, 0.3) is 0 Å². The number of halogens is 1. The molecular formula is C13H15ClN2O3. The van der Waals surface area contributed by atoms with Crippen LogP contribution in [0.4, 0.5) is 0 Å². The van der Waals surface area contributed by atoms with Gasteiger partial charge in [0.2, 0.25) is 0 Å². The van der Waals surface area contributed by atoms with Gasteiger partial charge in [0.15, 0.2) is 0 Å². The average Bonchev–Trinajstić information content (AvgIpc) is 2.85. The number of rotatable bonds is 4. The van der Waals surface area contributed by atoms with Crippen molar-refractivity contribution >= 4 is 23.5 Å². The summed E-state index contributed by atoms with van der Waals surface area (Å²) in [6, 6.07) is 3.25. The lowest BCUT2D eigenvalue weighted by molar-refractivity contribution is -0.137. The number of hydrogen-bond acceptors (Lipinski definition) is 3. The van der Waals surface area contributed by atoms with Crippen molar-refractivity contribution in [2.45, 2.75) is 19.3 Å². The van der Waals surface area contributed by atoms with E-state index in [4.69, 9.17) is 16.7 Å². The van der Waals surface area contributed by atoms with Crippen molar-refractivity contribution in [2.24, 2.45) is 5.92 Å². The Morgan fingerprint density at radius 2 is 2.26 bits per heavy atom. The van der Waals surface area contributed by atoms with Gasteiger partial charge in [-0.05, 0) is 30.9 Å². The summed E-state index contributed by atoms with van der Waals surface area (Å²) < 4.78 is 0. The van der Waals surface area contributed by atoms with Gasteiger partial charge in [-0.2, -0.15) is 0 Å². The SMILES string of the molecule is O=C(O)CCC1CCN(C(=O)c2ccc(Cl)cn2)C1. The zero-order chi connectivity index (χ0) is 13.8. The first-order valence-corrected chi connectivity index (χ1v) is 6.56. The smallest absolute Gasteiger partial charge is 0.303 e. The first-order valence-electron chi connectivity index (χ1n) is 6.19. The maximum Gasteiger partial charge on any atom is 0.303 e. The van der Waals surface area contributed by atoms with Gasteiger partial charge < -0.3 is 10.0 Å². The zero-order valence-corrected chi connectivity index (χ0v) is 11.1. The summed E-state index contributed by atoms with van der Waals surface area (Å²) in [5.74, 6) is -0.633. The maximum absolute atomic E-state index is 12.1. The van der Waals surface area contributed by atoms with Crippen molar-refractivity contribution < 1.29 is 14.7 Å². The second-order valence-corrected chi connectivity index (χ2v) is 5.14. The molecule has 102 valence electrons. The molecule has 1 amide bonds. The number of carbonyl (C=O) groups excluding carboxylic acids is 1. The topological polar surface area (TPSA) is 70.5 Å². The predicted octanol–water partition coefficient (Wildman–Crippen LogP) is 2.06. The molecule has 1 unspecified atom stereocenters. The van der Waals surface area contributed by atoms with Crippen LogP contribution in [0.1, 0.15) is 29.8 Å². The highest BCUT2D eigenvalue weighted by Crippen LogP contribution is 2.22. The molecule has 0 spiro atoms. The van der Waals surface area contributed by atoms with E-state index in [9.17, 15) is 9.59 Å². The third-order valence-electron chi connectivity index (χ3n) is 3.29. The minimum absolute atomic E-state index is 0.116. The van der Waals surface area contributed by atoms with E-state index in [-0.39, 0.29) is 18.2 Å². The molecule has 0 aliphatic carbocycles. The van der Waals surface area contributed by atoms with Crippen molar-refractivity contribution in [1.82, 2.24) is 9.88 Å². The van der Waals surface area contributed by atoms with Crippen LogP contribution in [-0.4, -0.2) is 40.0 Å². The summed E-state index contributed by atoms with van der Waals surface area (Å²) >= 11 is 5.73. The van der Waals surface area contributed by atoms with Gasteiger partial charge in [-0.25, -0.2) is 4.98 Å². The number of aromatic nitrogens is 1. The van der Waals surface area contributed by atoms with Crippen LogP contribution < -0.4 is 0 Å². The summed E-state index contributed by atoms with van der Waals surface area (Å²) in [5.41, 5.74) is 0.378. The fraction of sp³-hybridized carbons (Fsp3) is 0.462. The monoisotopic (exact) mass is 282 g/mol. The number of carbonyl (C=O) groups is 2. The van der Waals surface area contributed by atoms with Crippen molar-refractivity contribution in [2.75, 3.05) is 13.1 Å². The summed E-state index contributed by atoms with van der Waals surface area (Å²) in [4.78, 5) is 28.4. The Morgan fingerprint density at radius 3 is 2.89 bits per heavy atom. The Balaban J connectivity index is 1.91. The highest BCUT2D eigenvalue weighted by Gasteiger charge is 2.27. The molecule has 2 rings (SSSR count). The molecule has 19 heavy (non-hydrogen) atoms. The average molecular weight is 283 g/mol. The molecule has 5 nitrogen and oxygen atoms in total. The van der Waals surface area contributed by atoms with Crippen LogP contribution in [-0.2, 0) is 4.79 Å². The molecule has 0 aromatic carbocycles. The largest absolute Gasteiger partial charge is 0.481 e. The quantitative estimate of drug-likeness (QED) is 0.918. The fourth-order valence-corrected chi connectivity index (χ4v) is 2.36. The molecule has 1 aromatic heterocycles. The predicted molar refractivity (Wildman–Crippen MR) is 70.1 cm³/mol. The molecule has 1 saturated heterocycles.